The minimum atomic E-state index is 1.02. The van der Waals surface area contributed by atoms with Crippen LogP contribution in [0.1, 0.15) is 40.5 Å². The highest BCUT2D eigenvalue weighted by molar-refractivity contribution is 5.37. The highest BCUT2D eigenvalue weighted by Gasteiger charge is 1.91. The summed E-state index contributed by atoms with van der Waals surface area (Å²) in [5.41, 5.74) is 2.70. The maximum absolute atomic E-state index is 2.26. The molecule has 0 heterocycles. The quantitative estimate of drug-likeness (QED) is 0.431. The third-order valence-electron chi connectivity index (χ3n) is 2.08. The molecule has 0 aliphatic heterocycles. The van der Waals surface area contributed by atoms with E-state index in [0.29, 0.717) is 0 Å². The number of rotatable bonds is 5. The summed E-state index contributed by atoms with van der Waals surface area (Å²) in [5.74, 6) is 0. The maximum Gasteiger partial charge on any atom is -0.0166 e. The van der Waals surface area contributed by atoms with Crippen LogP contribution in [0.4, 0.5) is 0 Å². The Morgan fingerprint density at radius 2 is 1.86 bits per heavy atom. The molecule has 0 rings (SSSR count). The zero-order valence-electron chi connectivity index (χ0n) is 9.88. The van der Waals surface area contributed by atoms with Gasteiger partial charge in [0.2, 0.25) is 0 Å². The molecule has 0 radical (unpaired) electrons. The Morgan fingerprint density at radius 1 is 1.14 bits per heavy atom. The van der Waals surface area contributed by atoms with Crippen LogP contribution in [-0.2, 0) is 0 Å². The van der Waals surface area contributed by atoms with E-state index in [0.717, 1.165) is 12.8 Å². The molecular formula is C14H22. The van der Waals surface area contributed by atoms with Gasteiger partial charge < -0.3 is 0 Å². The van der Waals surface area contributed by atoms with Crippen LogP contribution in [0.5, 0.6) is 0 Å². The van der Waals surface area contributed by atoms with Crippen molar-refractivity contribution in [1.82, 2.24) is 0 Å². The van der Waals surface area contributed by atoms with Crippen molar-refractivity contribution in [2.45, 2.75) is 40.5 Å². The molecular weight excluding hydrogens is 168 g/mol. The molecule has 78 valence electrons. The van der Waals surface area contributed by atoms with Gasteiger partial charge in [-0.15, -0.1) is 0 Å². The van der Waals surface area contributed by atoms with Crippen LogP contribution in [0.15, 0.2) is 47.6 Å². The summed E-state index contributed by atoms with van der Waals surface area (Å²) in [4.78, 5) is 0. The molecule has 0 fully saturated rings. The minimum absolute atomic E-state index is 1.02. The van der Waals surface area contributed by atoms with Gasteiger partial charge in [0.15, 0.2) is 0 Å². The molecule has 0 aromatic rings. The van der Waals surface area contributed by atoms with Crippen molar-refractivity contribution in [2.75, 3.05) is 0 Å². The molecule has 0 atom stereocenters. The Balaban J connectivity index is 4.31. The summed E-state index contributed by atoms with van der Waals surface area (Å²) in [6.45, 7) is 8.47. The van der Waals surface area contributed by atoms with Crippen LogP contribution in [0.3, 0.4) is 0 Å². The van der Waals surface area contributed by atoms with E-state index in [1.54, 1.807) is 0 Å². The third-order valence-corrected chi connectivity index (χ3v) is 2.08. The number of hydrogen-bond acceptors (Lipinski definition) is 0. The van der Waals surface area contributed by atoms with E-state index in [2.05, 4.69) is 57.2 Å². The molecule has 0 aliphatic rings. The summed E-state index contributed by atoms with van der Waals surface area (Å²) < 4.78 is 0. The molecule has 0 amide bonds. The lowest BCUT2D eigenvalue weighted by Crippen LogP contribution is -1.80. The van der Waals surface area contributed by atoms with E-state index in [1.807, 2.05) is 6.92 Å². The summed E-state index contributed by atoms with van der Waals surface area (Å²) in [6.07, 6.45) is 15.2. The van der Waals surface area contributed by atoms with Gasteiger partial charge in [0.25, 0.3) is 0 Å². The first kappa shape index (κ1) is 13.0. The van der Waals surface area contributed by atoms with E-state index in [4.69, 9.17) is 0 Å². The van der Waals surface area contributed by atoms with Crippen LogP contribution in [0.2, 0.25) is 0 Å². The highest BCUT2D eigenvalue weighted by atomic mass is 14.0. The molecule has 0 saturated carbocycles. The minimum Gasteiger partial charge on any atom is -0.0914 e. The van der Waals surface area contributed by atoms with Crippen molar-refractivity contribution in [1.29, 1.82) is 0 Å². The van der Waals surface area contributed by atoms with Crippen LogP contribution < -0.4 is 0 Å². The SMILES string of the molecule is C/C=C\C\C=C/C(=C\C)C(/C)=C/CC. The largest absolute Gasteiger partial charge is 0.0914 e. The molecule has 0 spiro atoms. The van der Waals surface area contributed by atoms with Gasteiger partial charge in [-0.3, -0.25) is 0 Å². The average molecular weight is 190 g/mol. The number of hydrogen-bond donors (Lipinski definition) is 0. The highest BCUT2D eigenvalue weighted by Crippen LogP contribution is 2.11. The monoisotopic (exact) mass is 190 g/mol. The summed E-state index contributed by atoms with van der Waals surface area (Å²) in [6, 6.07) is 0. The fourth-order valence-electron chi connectivity index (χ4n) is 1.29. The molecule has 14 heavy (non-hydrogen) atoms. The Bertz CT molecular complexity index is 249. The van der Waals surface area contributed by atoms with E-state index in [9.17, 15) is 0 Å². The van der Waals surface area contributed by atoms with Crippen molar-refractivity contribution in [3.05, 3.63) is 47.6 Å². The maximum atomic E-state index is 2.26. The van der Waals surface area contributed by atoms with Crippen LogP contribution in [0, 0.1) is 0 Å². The fraction of sp³-hybridized carbons (Fsp3) is 0.429. The van der Waals surface area contributed by atoms with Gasteiger partial charge in [-0.2, -0.15) is 0 Å². The van der Waals surface area contributed by atoms with Crippen LogP contribution in [0.25, 0.3) is 0 Å². The molecule has 0 N–H and O–H groups in total. The van der Waals surface area contributed by atoms with Crippen molar-refractivity contribution in [3.8, 4) is 0 Å². The normalized spacial score (nSPS) is 14.6. The molecule has 0 heteroatoms. The van der Waals surface area contributed by atoms with Crippen LogP contribution >= 0.6 is 0 Å². The lowest BCUT2D eigenvalue weighted by atomic mass is 10.1. The first-order chi connectivity index (χ1) is 6.76. The van der Waals surface area contributed by atoms with Gasteiger partial charge in [0, 0.05) is 0 Å². The molecule has 0 saturated heterocycles. The van der Waals surface area contributed by atoms with Gasteiger partial charge in [0.05, 0.1) is 0 Å². The van der Waals surface area contributed by atoms with Gasteiger partial charge in [-0.1, -0.05) is 43.4 Å². The molecule has 0 nitrogen and oxygen atoms in total. The Morgan fingerprint density at radius 3 is 2.36 bits per heavy atom. The predicted molar refractivity (Wildman–Crippen MR) is 66.4 cm³/mol. The van der Waals surface area contributed by atoms with Crippen molar-refractivity contribution < 1.29 is 0 Å². The first-order valence-electron chi connectivity index (χ1n) is 5.37. The lowest BCUT2D eigenvalue weighted by Gasteiger charge is -2.00. The Hall–Kier alpha value is -1.04. The second-order valence-corrected chi connectivity index (χ2v) is 3.25. The zero-order valence-corrected chi connectivity index (χ0v) is 9.88. The lowest BCUT2D eigenvalue weighted by molar-refractivity contribution is 1.18. The van der Waals surface area contributed by atoms with Gasteiger partial charge in [-0.25, -0.2) is 0 Å². The molecule has 0 aliphatic carbocycles. The molecule has 0 bridgehead atoms. The smallest absolute Gasteiger partial charge is 0.0166 e. The van der Waals surface area contributed by atoms with Gasteiger partial charge in [-0.05, 0) is 44.8 Å². The Labute approximate surface area is 88.7 Å². The van der Waals surface area contributed by atoms with Crippen molar-refractivity contribution >= 4 is 0 Å². The Kier molecular flexibility index (Phi) is 7.92. The van der Waals surface area contributed by atoms with Crippen LogP contribution in [-0.4, -0.2) is 0 Å². The van der Waals surface area contributed by atoms with Gasteiger partial charge in [0.1, 0.15) is 0 Å². The molecule has 0 aromatic carbocycles. The van der Waals surface area contributed by atoms with Crippen molar-refractivity contribution in [2.24, 2.45) is 0 Å². The average Bonchev–Trinajstić information content (AvgIpc) is 2.18. The summed E-state index contributed by atoms with van der Waals surface area (Å²) in [5, 5.41) is 0. The second kappa shape index (κ2) is 8.55. The van der Waals surface area contributed by atoms with E-state index < -0.39 is 0 Å². The summed E-state index contributed by atoms with van der Waals surface area (Å²) >= 11 is 0. The van der Waals surface area contributed by atoms with Crippen molar-refractivity contribution in [3.63, 3.8) is 0 Å². The molecule has 0 unspecified atom stereocenters. The standard InChI is InChI=1S/C14H22/c1-5-8-9-10-12-14(7-3)13(4)11-6-2/h5,7-8,10-12H,6,9H2,1-4H3/b8-5-,12-10-,13-11+,14-7+. The second-order valence-electron chi connectivity index (χ2n) is 3.25. The first-order valence-corrected chi connectivity index (χ1v) is 5.37. The summed E-state index contributed by atoms with van der Waals surface area (Å²) in [7, 11) is 0. The fourth-order valence-corrected chi connectivity index (χ4v) is 1.29. The van der Waals surface area contributed by atoms with E-state index in [-0.39, 0.29) is 0 Å². The predicted octanol–water partition coefficient (Wildman–Crippen LogP) is 4.81. The van der Waals surface area contributed by atoms with Gasteiger partial charge >= 0.3 is 0 Å². The number of allylic oxidation sites excluding steroid dienone is 8. The van der Waals surface area contributed by atoms with E-state index >= 15 is 0 Å². The topological polar surface area (TPSA) is 0 Å². The molecule has 0 aromatic heterocycles. The van der Waals surface area contributed by atoms with E-state index in [1.165, 1.54) is 11.1 Å². The third kappa shape index (κ3) is 5.58. The zero-order chi connectivity index (χ0) is 10.8.